The highest BCUT2D eigenvalue weighted by atomic mass is 16.3. The molecule has 0 radical (unpaired) electrons. The predicted octanol–water partition coefficient (Wildman–Crippen LogP) is 1.56. The quantitative estimate of drug-likeness (QED) is 0.762. The molecule has 1 aromatic rings. The van der Waals surface area contributed by atoms with E-state index in [9.17, 15) is 5.11 Å². The van der Waals surface area contributed by atoms with Crippen molar-refractivity contribution in [3.63, 3.8) is 0 Å². The fourth-order valence-electron chi connectivity index (χ4n) is 1.57. The van der Waals surface area contributed by atoms with Gasteiger partial charge in [0.15, 0.2) is 0 Å². The van der Waals surface area contributed by atoms with E-state index in [1.165, 1.54) is 16.7 Å². The van der Waals surface area contributed by atoms with Gasteiger partial charge in [0.25, 0.3) is 0 Å². The predicted molar refractivity (Wildman–Crippen MR) is 59.3 cm³/mol. The van der Waals surface area contributed by atoms with Crippen molar-refractivity contribution >= 4 is 0 Å². The van der Waals surface area contributed by atoms with Crippen LogP contribution in [0.3, 0.4) is 0 Å². The monoisotopic (exact) mass is 193 g/mol. The van der Waals surface area contributed by atoms with E-state index in [-0.39, 0.29) is 6.10 Å². The molecule has 0 spiro atoms. The molecule has 0 aliphatic heterocycles. The van der Waals surface area contributed by atoms with E-state index < -0.39 is 0 Å². The van der Waals surface area contributed by atoms with Crippen LogP contribution in [-0.2, 0) is 6.42 Å². The molecule has 1 atom stereocenters. The van der Waals surface area contributed by atoms with Crippen LogP contribution in [0, 0.1) is 13.8 Å². The molecule has 0 fully saturated rings. The molecule has 0 bridgehead atoms. The lowest BCUT2D eigenvalue weighted by Crippen LogP contribution is -2.20. The Balaban J connectivity index is 2.59. The van der Waals surface area contributed by atoms with Gasteiger partial charge in [-0.15, -0.1) is 0 Å². The molecule has 0 aromatic heterocycles. The first-order chi connectivity index (χ1) is 6.63. The summed E-state index contributed by atoms with van der Waals surface area (Å²) in [5.74, 6) is 0. The number of hydrogen-bond donors (Lipinski definition) is 2. The maximum Gasteiger partial charge on any atom is 0.0665 e. The first-order valence-corrected chi connectivity index (χ1v) is 5.07. The molecule has 0 amide bonds. The fourth-order valence-corrected chi connectivity index (χ4v) is 1.57. The van der Waals surface area contributed by atoms with Crippen LogP contribution in [0.1, 0.15) is 23.1 Å². The van der Waals surface area contributed by atoms with Gasteiger partial charge in [-0.05, 0) is 37.8 Å². The molecule has 2 heteroatoms. The van der Waals surface area contributed by atoms with Gasteiger partial charge < -0.3 is 10.8 Å². The third-order valence-electron chi connectivity index (χ3n) is 2.52. The average molecular weight is 193 g/mol. The van der Waals surface area contributed by atoms with Crippen LogP contribution < -0.4 is 5.73 Å². The number of hydrogen-bond acceptors (Lipinski definition) is 2. The van der Waals surface area contributed by atoms with Crippen molar-refractivity contribution in [1.29, 1.82) is 0 Å². The second-order valence-electron chi connectivity index (χ2n) is 3.86. The number of aliphatic hydroxyl groups excluding tert-OH is 1. The highest BCUT2D eigenvalue weighted by molar-refractivity contribution is 5.30. The standard InChI is InChI=1S/C12H19NO/c1-9-3-4-11(10(2)7-9)5-6-12(14)8-13/h3-4,7,12,14H,5-6,8,13H2,1-2H3. The molecule has 0 saturated carbocycles. The third-order valence-corrected chi connectivity index (χ3v) is 2.52. The van der Waals surface area contributed by atoms with Gasteiger partial charge in [0.2, 0.25) is 0 Å². The van der Waals surface area contributed by atoms with Crippen molar-refractivity contribution in [2.45, 2.75) is 32.8 Å². The van der Waals surface area contributed by atoms with Crippen molar-refractivity contribution in [2.75, 3.05) is 6.54 Å². The van der Waals surface area contributed by atoms with Crippen LogP contribution in [0.2, 0.25) is 0 Å². The zero-order valence-corrected chi connectivity index (χ0v) is 8.96. The fraction of sp³-hybridized carbons (Fsp3) is 0.500. The molecular formula is C12H19NO. The van der Waals surface area contributed by atoms with E-state index in [1.54, 1.807) is 0 Å². The Morgan fingerprint density at radius 3 is 2.64 bits per heavy atom. The van der Waals surface area contributed by atoms with Crippen molar-refractivity contribution < 1.29 is 5.11 Å². The number of aliphatic hydroxyl groups is 1. The van der Waals surface area contributed by atoms with Crippen molar-refractivity contribution in [3.8, 4) is 0 Å². The maximum absolute atomic E-state index is 9.34. The molecule has 78 valence electrons. The van der Waals surface area contributed by atoms with E-state index in [0.29, 0.717) is 6.54 Å². The molecule has 0 aliphatic rings. The van der Waals surface area contributed by atoms with Gasteiger partial charge >= 0.3 is 0 Å². The highest BCUT2D eigenvalue weighted by Gasteiger charge is 2.03. The molecule has 0 saturated heterocycles. The number of nitrogens with two attached hydrogens (primary N) is 1. The molecule has 1 aromatic carbocycles. The van der Waals surface area contributed by atoms with Gasteiger partial charge in [0.05, 0.1) is 6.10 Å². The van der Waals surface area contributed by atoms with Crippen molar-refractivity contribution in [3.05, 3.63) is 34.9 Å². The Labute approximate surface area is 85.8 Å². The molecule has 14 heavy (non-hydrogen) atoms. The smallest absolute Gasteiger partial charge is 0.0665 e. The lowest BCUT2D eigenvalue weighted by molar-refractivity contribution is 0.173. The van der Waals surface area contributed by atoms with Crippen LogP contribution in [0.15, 0.2) is 18.2 Å². The van der Waals surface area contributed by atoms with Crippen LogP contribution in [0.4, 0.5) is 0 Å². The van der Waals surface area contributed by atoms with Crippen LogP contribution in [0.25, 0.3) is 0 Å². The summed E-state index contributed by atoms with van der Waals surface area (Å²) in [6, 6.07) is 6.41. The van der Waals surface area contributed by atoms with Gasteiger partial charge in [-0.2, -0.15) is 0 Å². The summed E-state index contributed by atoms with van der Waals surface area (Å²) in [7, 11) is 0. The summed E-state index contributed by atoms with van der Waals surface area (Å²) in [5.41, 5.74) is 9.24. The summed E-state index contributed by atoms with van der Waals surface area (Å²) < 4.78 is 0. The van der Waals surface area contributed by atoms with E-state index in [4.69, 9.17) is 5.73 Å². The summed E-state index contributed by atoms with van der Waals surface area (Å²) >= 11 is 0. The minimum atomic E-state index is -0.365. The Bertz CT molecular complexity index is 296. The van der Waals surface area contributed by atoms with Crippen LogP contribution in [-0.4, -0.2) is 17.8 Å². The van der Waals surface area contributed by atoms with Gasteiger partial charge in [-0.1, -0.05) is 23.8 Å². The van der Waals surface area contributed by atoms with Crippen LogP contribution >= 0.6 is 0 Å². The summed E-state index contributed by atoms with van der Waals surface area (Å²) in [4.78, 5) is 0. The SMILES string of the molecule is Cc1ccc(CCC(O)CN)c(C)c1. The van der Waals surface area contributed by atoms with Gasteiger partial charge in [-0.3, -0.25) is 0 Å². The lowest BCUT2D eigenvalue weighted by atomic mass is 10.0. The molecule has 3 N–H and O–H groups in total. The molecule has 1 unspecified atom stereocenters. The van der Waals surface area contributed by atoms with Gasteiger partial charge in [0.1, 0.15) is 0 Å². The van der Waals surface area contributed by atoms with E-state index in [1.807, 2.05) is 0 Å². The first-order valence-electron chi connectivity index (χ1n) is 5.07. The number of rotatable bonds is 4. The Morgan fingerprint density at radius 1 is 1.36 bits per heavy atom. The second kappa shape index (κ2) is 5.13. The molecule has 2 nitrogen and oxygen atoms in total. The van der Waals surface area contributed by atoms with E-state index in [0.717, 1.165) is 12.8 Å². The minimum absolute atomic E-state index is 0.352. The third kappa shape index (κ3) is 3.13. The normalized spacial score (nSPS) is 12.9. The summed E-state index contributed by atoms with van der Waals surface area (Å²) in [6.45, 7) is 4.55. The minimum Gasteiger partial charge on any atom is -0.392 e. The average Bonchev–Trinajstić information content (AvgIpc) is 2.16. The second-order valence-corrected chi connectivity index (χ2v) is 3.86. The van der Waals surface area contributed by atoms with Gasteiger partial charge in [-0.25, -0.2) is 0 Å². The number of benzene rings is 1. The van der Waals surface area contributed by atoms with Gasteiger partial charge in [0, 0.05) is 6.54 Å². The van der Waals surface area contributed by atoms with E-state index in [2.05, 4.69) is 32.0 Å². The molecular weight excluding hydrogens is 174 g/mol. The highest BCUT2D eigenvalue weighted by Crippen LogP contribution is 2.13. The van der Waals surface area contributed by atoms with Crippen LogP contribution in [0.5, 0.6) is 0 Å². The summed E-state index contributed by atoms with van der Waals surface area (Å²) in [6.07, 6.45) is 1.29. The van der Waals surface area contributed by atoms with Crippen molar-refractivity contribution in [2.24, 2.45) is 5.73 Å². The zero-order valence-electron chi connectivity index (χ0n) is 8.96. The summed E-state index contributed by atoms with van der Waals surface area (Å²) in [5, 5.41) is 9.34. The Hall–Kier alpha value is -0.860. The number of aryl methyl sites for hydroxylation is 3. The Morgan fingerprint density at radius 2 is 2.07 bits per heavy atom. The molecule has 0 aliphatic carbocycles. The first kappa shape index (κ1) is 11.2. The zero-order chi connectivity index (χ0) is 10.6. The maximum atomic E-state index is 9.34. The van der Waals surface area contributed by atoms with Crippen molar-refractivity contribution in [1.82, 2.24) is 0 Å². The molecule has 1 rings (SSSR count). The van der Waals surface area contributed by atoms with E-state index >= 15 is 0 Å². The largest absolute Gasteiger partial charge is 0.392 e. The molecule has 0 heterocycles. The topological polar surface area (TPSA) is 46.2 Å². The lowest BCUT2D eigenvalue weighted by Gasteiger charge is -2.09. The Kier molecular flexibility index (Phi) is 4.11.